The Morgan fingerprint density at radius 1 is 1.05 bits per heavy atom. The molecule has 0 saturated carbocycles. The molecular weight excluding hydrogens is 244 g/mol. The van der Waals surface area contributed by atoms with Crippen LogP contribution < -0.4 is 5.32 Å². The van der Waals surface area contributed by atoms with Gasteiger partial charge in [-0.25, -0.2) is 0 Å². The molecule has 0 aliphatic rings. The predicted molar refractivity (Wildman–Crippen MR) is 68.9 cm³/mol. The van der Waals surface area contributed by atoms with Crippen LogP contribution in [0.4, 0.5) is 5.69 Å². The van der Waals surface area contributed by atoms with E-state index in [2.05, 4.69) is 5.32 Å². The first kappa shape index (κ1) is 12.5. The third-order valence-electron chi connectivity index (χ3n) is 2.52. The van der Waals surface area contributed by atoms with Crippen molar-refractivity contribution in [2.24, 2.45) is 0 Å². The van der Waals surface area contributed by atoms with Gasteiger partial charge in [-0.15, -0.1) is 0 Å². The van der Waals surface area contributed by atoms with Crippen molar-refractivity contribution in [1.82, 2.24) is 0 Å². The summed E-state index contributed by atoms with van der Waals surface area (Å²) in [5, 5.41) is 30.3. The Morgan fingerprint density at radius 3 is 2.16 bits per heavy atom. The molecule has 0 heterocycles. The minimum atomic E-state index is -0.625. The molecule has 0 atom stereocenters. The molecule has 0 aromatic heterocycles. The van der Waals surface area contributed by atoms with Crippen molar-refractivity contribution in [2.45, 2.75) is 0 Å². The van der Waals surface area contributed by atoms with Crippen LogP contribution in [0.1, 0.15) is 15.9 Å². The van der Waals surface area contributed by atoms with E-state index < -0.39 is 5.91 Å². The van der Waals surface area contributed by atoms with E-state index in [1.807, 2.05) is 6.07 Å². The van der Waals surface area contributed by atoms with Crippen molar-refractivity contribution in [1.29, 1.82) is 5.26 Å². The van der Waals surface area contributed by atoms with Crippen LogP contribution in [0.3, 0.4) is 0 Å². The van der Waals surface area contributed by atoms with Gasteiger partial charge in [0.2, 0.25) is 0 Å². The fourth-order valence-electron chi connectivity index (χ4n) is 1.58. The third kappa shape index (κ3) is 2.64. The van der Waals surface area contributed by atoms with E-state index in [0.717, 1.165) is 0 Å². The van der Waals surface area contributed by atoms with Crippen molar-refractivity contribution in [3.8, 4) is 17.6 Å². The number of nitrogens with zero attached hydrogens (tertiary/aromatic N) is 1. The summed E-state index contributed by atoms with van der Waals surface area (Å²) >= 11 is 0. The average molecular weight is 254 g/mol. The maximum atomic E-state index is 11.9. The van der Waals surface area contributed by atoms with E-state index in [4.69, 9.17) is 5.26 Å². The van der Waals surface area contributed by atoms with Gasteiger partial charge in [-0.05, 0) is 36.4 Å². The zero-order chi connectivity index (χ0) is 13.8. The number of anilines is 1. The van der Waals surface area contributed by atoms with E-state index in [1.165, 1.54) is 18.2 Å². The Morgan fingerprint density at radius 2 is 1.63 bits per heavy atom. The lowest BCUT2D eigenvalue weighted by Crippen LogP contribution is -2.12. The van der Waals surface area contributed by atoms with Crippen LogP contribution in [-0.2, 0) is 0 Å². The van der Waals surface area contributed by atoms with Gasteiger partial charge in [0.05, 0.1) is 11.6 Å². The van der Waals surface area contributed by atoms with Gasteiger partial charge in [0.25, 0.3) is 5.91 Å². The van der Waals surface area contributed by atoms with E-state index >= 15 is 0 Å². The van der Waals surface area contributed by atoms with Crippen molar-refractivity contribution in [3.63, 3.8) is 0 Å². The number of hydrogen-bond acceptors (Lipinski definition) is 4. The number of nitriles is 1. The summed E-state index contributed by atoms with van der Waals surface area (Å²) in [7, 11) is 0. The number of phenols is 2. The molecule has 0 unspecified atom stereocenters. The number of amides is 1. The van der Waals surface area contributed by atoms with Crippen molar-refractivity contribution in [3.05, 3.63) is 53.6 Å². The summed E-state index contributed by atoms with van der Waals surface area (Å²) in [6, 6.07) is 12.3. The number of hydrogen-bond donors (Lipinski definition) is 3. The van der Waals surface area contributed by atoms with Crippen LogP contribution >= 0.6 is 0 Å². The molecule has 5 nitrogen and oxygen atoms in total. The topological polar surface area (TPSA) is 93.4 Å². The second-order valence-electron chi connectivity index (χ2n) is 3.81. The molecular formula is C14H10N2O3. The highest BCUT2D eigenvalue weighted by Crippen LogP contribution is 2.27. The van der Waals surface area contributed by atoms with E-state index in [0.29, 0.717) is 11.3 Å². The predicted octanol–water partition coefficient (Wildman–Crippen LogP) is 2.22. The summed E-state index contributed by atoms with van der Waals surface area (Å²) in [6.45, 7) is 0. The van der Waals surface area contributed by atoms with E-state index in [9.17, 15) is 15.0 Å². The summed E-state index contributed by atoms with van der Waals surface area (Å²) in [5.74, 6) is -1.22. The van der Waals surface area contributed by atoms with Gasteiger partial charge >= 0.3 is 0 Å². The van der Waals surface area contributed by atoms with Crippen molar-refractivity contribution < 1.29 is 15.0 Å². The van der Waals surface area contributed by atoms with Crippen LogP contribution in [0.5, 0.6) is 11.5 Å². The lowest BCUT2D eigenvalue weighted by atomic mass is 10.1. The second-order valence-corrected chi connectivity index (χ2v) is 3.81. The maximum absolute atomic E-state index is 11.9. The normalized spacial score (nSPS) is 9.63. The minimum absolute atomic E-state index is 0.188. The minimum Gasteiger partial charge on any atom is -0.507 e. The van der Waals surface area contributed by atoms with Gasteiger partial charge in [-0.3, -0.25) is 4.79 Å². The van der Waals surface area contributed by atoms with Crippen molar-refractivity contribution in [2.75, 3.05) is 5.32 Å². The highest BCUT2D eigenvalue weighted by atomic mass is 16.3. The number of aromatic hydroxyl groups is 2. The quantitative estimate of drug-likeness (QED) is 0.766. The fraction of sp³-hybridized carbons (Fsp3) is 0. The number of phenolic OH excluding ortho intramolecular Hbond substituents is 2. The lowest BCUT2D eigenvalue weighted by molar-refractivity contribution is 0.102. The van der Waals surface area contributed by atoms with Gasteiger partial charge in [0, 0.05) is 5.69 Å². The van der Waals surface area contributed by atoms with Gasteiger partial charge in [0.1, 0.15) is 17.1 Å². The highest BCUT2D eigenvalue weighted by molar-refractivity contribution is 6.08. The molecule has 0 aliphatic carbocycles. The summed E-state index contributed by atoms with van der Waals surface area (Å²) in [6.07, 6.45) is 0. The second kappa shape index (κ2) is 5.10. The first-order chi connectivity index (χ1) is 9.11. The Kier molecular flexibility index (Phi) is 3.35. The summed E-state index contributed by atoms with van der Waals surface area (Å²) in [4.78, 5) is 11.9. The SMILES string of the molecule is N#Cc1ccc(NC(=O)c2c(O)cccc2O)cc1. The summed E-state index contributed by atoms with van der Waals surface area (Å²) in [5.41, 5.74) is 0.752. The molecule has 0 aliphatic heterocycles. The Labute approximate surface area is 109 Å². The molecule has 2 rings (SSSR count). The zero-order valence-electron chi connectivity index (χ0n) is 9.79. The first-order valence-corrected chi connectivity index (χ1v) is 5.44. The average Bonchev–Trinajstić information content (AvgIpc) is 2.39. The van der Waals surface area contributed by atoms with Crippen LogP contribution in [0, 0.1) is 11.3 Å². The van der Waals surface area contributed by atoms with Gasteiger partial charge in [-0.1, -0.05) is 6.07 Å². The molecule has 2 aromatic rings. The highest BCUT2D eigenvalue weighted by Gasteiger charge is 2.15. The van der Waals surface area contributed by atoms with Gasteiger partial charge in [-0.2, -0.15) is 5.26 Å². The maximum Gasteiger partial charge on any atom is 0.263 e. The molecule has 0 saturated heterocycles. The third-order valence-corrected chi connectivity index (χ3v) is 2.52. The van der Waals surface area contributed by atoms with Gasteiger partial charge in [0.15, 0.2) is 0 Å². The Balaban J connectivity index is 2.23. The molecule has 0 fully saturated rings. The fourth-order valence-corrected chi connectivity index (χ4v) is 1.58. The number of benzene rings is 2. The molecule has 3 N–H and O–H groups in total. The zero-order valence-corrected chi connectivity index (χ0v) is 9.79. The standard InChI is InChI=1S/C14H10N2O3/c15-8-9-4-6-10(7-5-9)16-14(19)13-11(17)2-1-3-12(13)18/h1-7,17-18H,(H,16,19). The number of nitrogens with one attached hydrogen (secondary N) is 1. The molecule has 19 heavy (non-hydrogen) atoms. The van der Waals surface area contributed by atoms with Crippen molar-refractivity contribution >= 4 is 11.6 Å². The number of carbonyl (C=O) groups excluding carboxylic acids is 1. The Bertz CT molecular complexity index is 637. The largest absolute Gasteiger partial charge is 0.507 e. The van der Waals surface area contributed by atoms with Crippen LogP contribution in [0.2, 0.25) is 0 Å². The number of rotatable bonds is 2. The van der Waals surface area contributed by atoms with Crippen LogP contribution in [-0.4, -0.2) is 16.1 Å². The molecule has 1 amide bonds. The lowest BCUT2D eigenvalue weighted by Gasteiger charge is -2.08. The number of carbonyl (C=O) groups is 1. The monoisotopic (exact) mass is 254 g/mol. The van der Waals surface area contributed by atoms with Crippen LogP contribution in [0.15, 0.2) is 42.5 Å². The Hall–Kier alpha value is -3.00. The van der Waals surface area contributed by atoms with Gasteiger partial charge < -0.3 is 15.5 Å². The van der Waals surface area contributed by atoms with Crippen LogP contribution in [0.25, 0.3) is 0 Å². The molecule has 5 heteroatoms. The molecule has 0 radical (unpaired) electrons. The first-order valence-electron chi connectivity index (χ1n) is 5.44. The summed E-state index contributed by atoms with van der Waals surface area (Å²) < 4.78 is 0. The smallest absolute Gasteiger partial charge is 0.263 e. The molecule has 0 spiro atoms. The van der Waals surface area contributed by atoms with E-state index in [1.54, 1.807) is 24.3 Å². The molecule has 94 valence electrons. The molecule has 2 aromatic carbocycles. The van der Waals surface area contributed by atoms with E-state index in [-0.39, 0.29) is 17.1 Å². The molecule has 0 bridgehead atoms.